The van der Waals surface area contributed by atoms with Crippen molar-refractivity contribution in [1.82, 2.24) is 4.90 Å². The van der Waals surface area contributed by atoms with Gasteiger partial charge in [-0.15, -0.1) is 24.8 Å². The van der Waals surface area contributed by atoms with Crippen molar-refractivity contribution in [2.24, 2.45) is 11.8 Å². The SMILES string of the molecule is CC(C)CCCN1CCC(Cc2ccc(N3CCCCC3)cc2)CC1.Cl.Cl. The molecule has 2 aliphatic heterocycles. The Balaban J connectivity index is 0.00000182. The van der Waals surface area contributed by atoms with Crippen LogP contribution in [0.25, 0.3) is 0 Å². The molecule has 2 fully saturated rings. The van der Waals surface area contributed by atoms with Crippen molar-refractivity contribution in [3.8, 4) is 0 Å². The van der Waals surface area contributed by atoms with Gasteiger partial charge in [-0.1, -0.05) is 26.0 Å². The van der Waals surface area contributed by atoms with Gasteiger partial charge in [-0.05, 0) is 101 Å². The summed E-state index contributed by atoms with van der Waals surface area (Å²) in [7, 11) is 0. The lowest BCUT2D eigenvalue weighted by Gasteiger charge is -2.32. The number of anilines is 1. The summed E-state index contributed by atoms with van der Waals surface area (Å²) in [4.78, 5) is 5.25. The first-order valence-electron chi connectivity index (χ1n) is 10.8. The number of benzene rings is 1. The van der Waals surface area contributed by atoms with Crippen LogP contribution in [-0.2, 0) is 6.42 Å². The van der Waals surface area contributed by atoms with Gasteiger partial charge in [-0.3, -0.25) is 0 Å². The van der Waals surface area contributed by atoms with E-state index in [2.05, 4.69) is 47.9 Å². The summed E-state index contributed by atoms with van der Waals surface area (Å²) in [5.41, 5.74) is 2.97. The van der Waals surface area contributed by atoms with Crippen LogP contribution in [0.5, 0.6) is 0 Å². The van der Waals surface area contributed by atoms with Crippen LogP contribution >= 0.6 is 24.8 Å². The minimum Gasteiger partial charge on any atom is -0.372 e. The molecule has 2 heterocycles. The number of nitrogens with zero attached hydrogens (tertiary/aromatic N) is 2. The summed E-state index contributed by atoms with van der Waals surface area (Å²) in [6.07, 6.45) is 10.9. The zero-order valence-corrected chi connectivity index (χ0v) is 19.0. The highest BCUT2D eigenvalue weighted by atomic mass is 35.5. The van der Waals surface area contributed by atoms with E-state index in [1.54, 1.807) is 5.56 Å². The van der Waals surface area contributed by atoms with Gasteiger partial charge in [0, 0.05) is 18.8 Å². The zero-order chi connectivity index (χ0) is 17.5. The van der Waals surface area contributed by atoms with E-state index < -0.39 is 0 Å². The fourth-order valence-electron chi connectivity index (χ4n) is 4.47. The number of hydrogen-bond acceptors (Lipinski definition) is 2. The Kier molecular flexibility index (Phi) is 11.8. The fourth-order valence-corrected chi connectivity index (χ4v) is 4.47. The molecule has 0 bridgehead atoms. The lowest BCUT2D eigenvalue weighted by atomic mass is 9.90. The standard InChI is InChI=1S/C23H38N2.2ClH/c1-20(2)7-6-14-24-17-12-22(13-18-24)19-21-8-10-23(11-9-21)25-15-4-3-5-16-25;;/h8-11,20,22H,3-7,12-19H2,1-2H3;2*1H. The van der Waals surface area contributed by atoms with Crippen molar-refractivity contribution in [2.75, 3.05) is 37.6 Å². The highest BCUT2D eigenvalue weighted by Gasteiger charge is 2.19. The molecule has 2 saturated heterocycles. The van der Waals surface area contributed by atoms with Gasteiger partial charge in [-0.25, -0.2) is 0 Å². The summed E-state index contributed by atoms with van der Waals surface area (Å²) in [6, 6.07) is 9.50. The van der Waals surface area contributed by atoms with Crippen molar-refractivity contribution in [3.05, 3.63) is 29.8 Å². The molecule has 0 amide bonds. The molecule has 2 nitrogen and oxygen atoms in total. The number of piperidine rings is 2. The maximum atomic E-state index is 2.69. The minimum atomic E-state index is 0. The van der Waals surface area contributed by atoms with E-state index in [9.17, 15) is 0 Å². The Labute approximate surface area is 179 Å². The largest absolute Gasteiger partial charge is 0.372 e. The van der Waals surface area contributed by atoms with Gasteiger partial charge in [0.25, 0.3) is 0 Å². The lowest BCUT2D eigenvalue weighted by molar-refractivity contribution is 0.179. The lowest BCUT2D eigenvalue weighted by Crippen LogP contribution is -2.35. The topological polar surface area (TPSA) is 6.48 Å². The first-order chi connectivity index (χ1) is 12.2. The molecule has 4 heteroatoms. The molecule has 1 aromatic carbocycles. The Morgan fingerprint density at radius 3 is 2.11 bits per heavy atom. The fraction of sp³-hybridized carbons (Fsp3) is 0.739. The monoisotopic (exact) mass is 414 g/mol. The van der Waals surface area contributed by atoms with E-state index in [-0.39, 0.29) is 24.8 Å². The van der Waals surface area contributed by atoms with Gasteiger partial charge in [0.1, 0.15) is 0 Å². The summed E-state index contributed by atoms with van der Waals surface area (Å²) < 4.78 is 0. The van der Waals surface area contributed by atoms with E-state index in [4.69, 9.17) is 0 Å². The van der Waals surface area contributed by atoms with Crippen LogP contribution in [0.3, 0.4) is 0 Å². The van der Waals surface area contributed by atoms with Crippen LogP contribution in [0, 0.1) is 11.8 Å². The molecule has 0 aliphatic carbocycles. The third kappa shape index (κ3) is 8.21. The van der Waals surface area contributed by atoms with Crippen molar-refractivity contribution in [1.29, 1.82) is 0 Å². The highest BCUT2D eigenvalue weighted by molar-refractivity contribution is 5.85. The molecular weight excluding hydrogens is 375 g/mol. The molecule has 0 spiro atoms. The molecule has 0 atom stereocenters. The third-order valence-corrected chi connectivity index (χ3v) is 6.14. The summed E-state index contributed by atoms with van der Waals surface area (Å²) in [5.74, 6) is 1.74. The molecule has 156 valence electrons. The first-order valence-corrected chi connectivity index (χ1v) is 10.8. The minimum absolute atomic E-state index is 0. The van der Waals surface area contributed by atoms with Gasteiger partial charge < -0.3 is 9.80 Å². The van der Waals surface area contributed by atoms with E-state index >= 15 is 0 Å². The van der Waals surface area contributed by atoms with Crippen LogP contribution in [0.15, 0.2) is 24.3 Å². The summed E-state index contributed by atoms with van der Waals surface area (Å²) in [5, 5.41) is 0. The van der Waals surface area contributed by atoms with Gasteiger partial charge in [0.2, 0.25) is 0 Å². The Morgan fingerprint density at radius 1 is 0.889 bits per heavy atom. The highest BCUT2D eigenvalue weighted by Crippen LogP contribution is 2.25. The van der Waals surface area contributed by atoms with Crippen molar-refractivity contribution < 1.29 is 0 Å². The van der Waals surface area contributed by atoms with Crippen LogP contribution in [-0.4, -0.2) is 37.6 Å². The van der Waals surface area contributed by atoms with E-state index in [0.29, 0.717) is 0 Å². The normalized spacial score (nSPS) is 18.9. The predicted octanol–water partition coefficient (Wildman–Crippen LogP) is 6.21. The van der Waals surface area contributed by atoms with Gasteiger partial charge in [-0.2, -0.15) is 0 Å². The van der Waals surface area contributed by atoms with Crippen LogP contribution in [0.4, 0.5) is 5.69 Å². The second kappa shape index (κ2) is 12.9. The van der Waals surface area contributed by atoms with Crippen LogP contribution in [0.2, 0.25) is 0 Å². The second-order valence-electron chi connectivity index (χ2n) is 8.74. The number of likely N-dealkylation sites (tertiary alicyclic amines) is 1. The smallest absolute Gasteiger partial charge is 0.0366 e. The summed E-state index contributed by atoms with van der Waals surface area (Å²) >= 11 is 0. The molecule has 0 unspecified atom stereocenters. The quantitative estimate of drug-likeness (QED) is 0.522. The molecule has 2 aliphatic rings. The molecule has 0 radical (unpaired) electrons. The van der Waals surface area contributed by atoms with Gasteiger partial charge >= 0.3 is 0 Å². The average Bonchev–Trinajstić information content (AvgIpc) is 2.64. The van der Waals surface area contributed by atoms with Crippen molar-refractivity contribution in [3.63, 3.8) is 0 Å². The molecule has 3 rings (SSSR count). The van der Waals surface area contributed by atoms with Crippen LogP contribution < -0.4 is 4.90 Å². The third-order valence-electron chi connectivity index (χ3n) is 6.14. The Hall–Kier alpha value is -0.440. The molecule has 1 aromatic rings. The molecule has 0 N–H and O–H groups in total. The average molecular weight is 415 g/mol. The van der Waals surface area contributed by atoms with Crippen molar-refractivity contribution >= 4 is 30.5 Å². The number of rotatable bonds is 7. The summed E-state index contributed by atoms with van der Waals surface area (Å²) in [6.45, 7) is 11.1. The molecule has 0 saturated carbocycles. The van der Waals surface area contributed by atoms with Gasteiger partial charge in [0.15, 0.2) is 0 Å². The molecule has 27 heavy (non-hydrogen) atoms. The van der Waals surface area contributed by atoms with E-state index in [1.165, 1.54) is 89.8 Å². The maximum absolute atomic E-state index is 2.69. The van der Waals surface area contributed by atoms with Gasteiger partial charge in [0.05, 0.1) is 0 Å². The second-order valence-corrected chi connectivity index (χ2v) is 8.74. The number of hydrogen-bond donors (Lipinski definition) is 0. The molecule has 0 aromatic heterocycles. The molecular formula is C23H40Cl2N2. The van der Waals surface area contributed by atoms with Crippen molar-refractivity contribution in [2.45, 2.75) is 65.2 Å². The Morgan fingerprint density at radius 2 is 1.52 bits per heavy atom. The van der Waals surface area contributed by atoms with Crippen LogP contribution in [0.1, 0.15) is 64.4 Å². The Bertz CT molecular complexity index is 490. The van der Waals surface area contributed by atoms with E-state index in [0.717, 1.165) is 11.8 Å². The predicted molar refractivity (Wildman–Crippen MR) is 124 cm³/mol. The van der Waals surface area contributed by atoms with E-state index in [1.807, 2.05) is 0 Å². The number of halogens is 2. The zero-order valence-electron chi connectivity index (χ0n) is 17.4. The first kappa shape index (κ1) is 24.6. The maximum Gasteiger partial charge on any atom is 0.0366 e.